The smallest absolute Gasteiger partial charge is 0.422 e. The highest BCUT2D eigenvalue weighted by Gasteiger charge is 2.32. The first-order valence-electron chi connectivity index (χ1n) is 10.5. The van der Waals surface area contributed by atoms with Crippen molar-refractivity contribution in [3.05, 3.63) is 69.7 Å². The first-order valence-corrected chi connectivity index (χ1v) is 10.5. The fraction of sp³-hybridized carbons (Fsp3) is 0.318. The van der Waals surface area contributed by atoms with Gasteiger partial charge in [-0.05, 0) is 31.0 Å². The van der Waals surface area contributed by atoms with Crippen LogP contribution in [0.3, 0.4) is 0 Å². The minimum absolute atomic E-state index is 0.101. The van der Waals surface area contributed by atoms with Gasteiger partial charge in [-0.1, -0.05) is 13.0 Å². The predicted molar refractivity (Wildman–Crippen MR) is 111 cm³/mol. The second-order valence-electron chi connectivity index (χ2n) is 7.82. The third kappa shape index (κ3) is 5.03. The molecular weight excluding hydrogens is 482 g/mol. The quantitative estimate of drug-likeness (QED) is 0.484. The molecule has 1 fully saturated rings. The number of halogens is 6. The summed E-state index contributed by atoms with van der Waals surface area (Å²) in [5.41, 5.74) is -2.90. The average molecular weight is 500 g/mol. The van der Waals surface area contributed by atoms with Gasteiger partial charge in [0.2, 0.25) is 0 Å². The molecule has 2 aromatic carbocycles. The lowest BCUT2D eigenvalue weighted by Crippen LogP contribution is -2.25. The number of aromatic nitrogens is 3. The number of nitrogens with zero attached hydrogens (tertiary/aromatic N) is 3. The summed E-state index contributed by atoms with van der Waals surface area (Å²) in [6.07, 6.45) is -3.02. The SMILES string of the molecule is CCc1nn(-c2cc(OCC(F)(F)F)c(C(=O)Nc3c(F)cccc3F)cc2F)c(=O)n1C1CC1. The van der Waals surface area contributed by atoms with Gasteiger partial charge in [0.05, 0.1) is 5.56 Å². The van der Waals surface area contributed by atoms with Gasteiger partial charge >= 0.3 is 11.9 Å². The first-order chi connectivity index (χ1) is 16.5. The standard InChI is InChI=1S/C22H18F6N4O3/c1-2-18-30-32(21(34)31(18)11-6-7-11)16-9-17(35-10-22(26,27)28)12(8-15(16)25)20(33)29-19-13(23)4-3-5-14(19)24/h3-5,8-9,11H,2,6-7,10H2,1H3,(H,29,33). The molecule has 0 radical (unpaired) electrons. The Balaban J connectivity index is 1.79. The van der Waals surface area contributed by atoms with Gasteiger partial charge in [-0.25, -0.2) is 18.0 Å². The van der Waals surface area contributed by atoms with Crippen LogP contribution in [0.25, 0.3) is 5.69 Å². The highest BCUT2D eigenvalue weighted by Crippen LogP contribution is 2.35. The van der Waals surface area contributed by atoms with Gasteiger partial charge in [0.15, 0.2) is 6.61 Å². The second-order valence-corrected chi connectivity index (χ2v) is 7.82. The molecule has 0 bridgehead atoms. The summed E-state index contributed by atoms with van der Waals surface area (Å²) in [6, 6.07) is 3.86. The molecule has 0 unspecified atom stereocenters. The van der Waals surface area contributed by atoms with Crippen LogP contribution in [-0.4, -0.2) is 33.0 Å². The molecule has 0 aliphatic heterocycles. The normalized spacial score (nSPS) is 13.7. The van der Waals surface area contributed by atoms with E-state index in [9.17, 15) is 31.5 Å². The van der Waals surface area contributed by atoms with Gasteiger partial charge in [0, 0.05) is 18.5 Å². The summed E-state index contributed by atoms with van der Waals surface area (Å²) in [4.78, 5) is 25.5. The molecule has 0 atom stereocenters. The fourth-order valence-corrected chi connectivity index (χ4v) is 3.48. The zero-order valence-electron chi connectivity index (χ0n) is 18.1. The Morgan fingerprint density at radius 1 is 1.14 bits per heavy atom. The number of anilines is 1. The monoisotopic (exact) mass is 500 g/mol. The lowest BCUT2D eigenvalue weighted by Gasteiger charge is -2.15. The van der Waals surface area contributed by atoms with Crippen molar-refractivity contribution in [2.24, 2.45) is 0 Å². The van der Waals surface area contributed by atoms with E-state index < -0.39 is 64.5 Å². The summed E-state index contributed by atoms with van der Waals surface area (Å²) in [5.74, 6) is -5.24. The third-order valence-corrected chi connectivity index (χ3v) is 5.22. The van der Waals surface area contributed by atoms with Gasteiger partial charge in [0.1, 0.15) is 40.4 Å². The van der Waals surface area contributed by atoms with Crippen LogP contribution in [0, 0.1) is 17.5 Å². The zero-order valence-corrected chi connectivity index (χ0v) is 18.1. The molecule has 0 saturated heterocycles. The number of para-hydroxylation sites is 1. The highest BCUT2D eigenvalue weighted by molar-refractivity contribution is 6.06. The summed E-state index contributed by atoms with van der Waals surface area (Å²) >= 11 is 0. The molecule has 7 nitrogen and oxygen atoms in total. The van der Waals surface area contributed by atoms with E-state index in [1.165, 1.54) is 4.57 Å². The molecule has 1 N–H and O–H groups in total. The molecule has 1 aliphatic rings. The average Bonchev–Trinajstić information content (AvgIpc) is 3.57. The van der Waals surface area contributed by atoms with Crippen molar-refractivity contribution in [3.63, 3.8) is 0 Å². The fourth-order valence-electron chi connectivity index (χ4n) is 3.48. The molecule has 1 aliphatic carbocycles. The van der Waals surface area contributed by atoms with Crippen LogP contribution in [-0.2, 0) is 6.42 Å². The Kier molecular flexibility index (Phi) is 6.34. The number of alkyl halides is 3. The van der Waals surface area contributed by atoms with Gasteiger partial charge in [-0.2, -0.15) is 17.9 Å². The van der Waals surface area contributed by atoms with E-state index in [1.54, 1.807) is 6.92 Å². The van der Waals surface area contributed by atoms with Crippen LogP contribution in [0.1, 0.15) is 42.0 Å². The van der Waals surface area contributed by atoms with Crippen LogP contribution >= 0.6 is 0 Å². The third-order valence-electron chi connectivity index (χ3n) is 5.22. The second kappa shape index (κ2) is 9.12. The Bertz CT molecular complexity index is 1320. The molecule has 186 valence electrons. The van der Waals surface area contributed by atoms with Gasteiger partial charge < -0.3 is 10.1 Å². The molecule has 0 spiro atoms. The molecule has 13 heteroatoms. The number of rotatable bonds is 7. The number of hydrogen-bond donors (Lipinski definition) is 1. The van der Waals surface area contributed by atoms with Crippen molar-refractivity contribution >= 4 is 11.6 Å². The van der Waals surface area contributed by atoms with Crippen molar-refractivity contribution in [1.82, 2.24) is 14.3 Å². The molecule has 3 aromatic rings. The van der Waals surface area contributed by atoms with Gasteiger partial charge in [-0.3, -0.25) is 9.36 Å². The number of amides is 1. The molecule has 1 heterocycles. The number of ether oxygens (including phenoxy) is 1. The summed E-state index contributed by atoms with van der Waals surface area (Å²) in [7, 11) is 0. The Morgan fingerprint density at radius 3 is 2.37 bits per heavy atom. The van der Waals surface area contributed by atoms with E-state index in [0.717, 1.165) is 37.1 Å². The number of hydrogen-bond acceptors (Lipinski definition) is 4. The summed E-state index contributed by atoms with van der Waals surface area (Å²) in [5, 5.41) is 5.96. The maximum absolute atomic E-state index is 15.1. The van der Waals surface area contributed by atoms with Crippen LogP contribution in [0.15, 0.2) is 35.1 Å². The minimum atomic E-state index is -4.82. The van der Waals surface area contributed by atoms with E-state index in [-0.39, 0.29) is 6.04 Å². The molecule has 35 heavy (non-hydrogen) atoms. The van der Waals surface area contributed by atoms with Crippen molar-refractivity contribution in [3.8, 4) is 11.4 Å². The molecule has 1 saturated carbocycles. The number of benzene rings is 2. The summed E-state index contributed by atoms with van der Waals surface area (Å²) in [6.45, 7) is -0.119. The highest BCUT2D eigenvalue weighted by atomic mass is 19.4. The van der Waals surface area contributed by atoms with E-state index in [2.05, 4.69) is 5.10 Å². The van der Waals surface area contributed by atoms with Crippen LogP contribution in [0.2, 0.25) is 0 Å². The molecule has 4 rings (SSSR count). The summed E-state index contributed by atoms with van der Waals surface area (Å²) < 4.78 is 88.2. The lowest BCUT2D eigenvalue weighted by atomic mass is 10.1. The zero-order chi connectivity index (χ0) is 25.5. The molecule has 1 amide bonds. The van der Waals surface area contributed by atoms with E-state index in [4.69, 9.17) is 4.74 Å². The largest absolute Gasteiger partial charge is 0.483 e. The maximum Gasteiger partial charge on any atom is 0.422 e. The number of aryl methyl sites for hydroxylation is 1. The molecule has 1 aromatic heterocycles. The molecular formula is C22H18F6N4O3. The first kappa shape index (κ1) is 24.4. The Labute approximate surface area is 193 Å². The number of carbonyl (C=O) groups is 1. The lowest BCUT2D eigenvalue weighted by molar-refractivity contribution is -0.153. The van der Waals surface area contributed by atoms with Crippen LogP contribution in [0.4, 0.5) is 32.0 Å². The Morgan fingerprint density at radius 2 is 1.80 bits per heavy atom. The minimum Gasteiger partial charge on any atom is -0.483 e. The Hall–Kier alpha value is -3.77. The maximum atomic E-state index is 15.1. The van der Waals surface area contributed by atoms with Crippen molar-refractivity contribution in [1.29, 1.82) is 0 Å². The van der Waals surface area contributed by atoms with Crippen LogP contribution < -0.4 is 15.7 Å². The topological polar surface area (TPSA) is 78.2 Å². The van der Waals surface area contributed by atoms with E-state index in [1.807, 2.05) is 5.32 Å². The van der Waals surface area contributed by atoms with Crippen molar-refractivity contribution in [2.75, 3.05) is 11.9 Å². The predicted octanol–water partition coefficient (Wildman–Crippen LogP) is 4.54. The number of nitrogens with one attached hydrogen (secondary N) is 1. The van der Waals surface area contributed by atoms with E-state index >= 15 is 4.39 Å². The van der Waals surface area contributed by atoms with Gasteiger partial charge in [0.25, 0.3) is 5.91 Å². The van der Waals surface area contributed by atoms with E-state index in [0.29, 0.717) is 23.0 Å². The van der Waals surface area contributed by atoms with Crippen LogP contribution in [0.5, 0.6) is 5.75 Å². The van der Waals surface area contributed by atoms with Crippen molar-refractivity contribution in [2.45, 2.75) is 38.4 Å². The van der Waals surface area contributed by atoms with Gasteiger partial charge in [-0.15, -0.1) is 5.10 Å². The van der Waals surface area contributed by atoms with Crippen molar-refractivity contribution < 1.29 is 35.9 Å². The number of carbonyl (C=O) groups excluding carboxylic acids is 1.